The Kier molecular flexibility index (Phi) is 4.88. The molecule has 0 saturated carbocycles. The van der Waals surface area contributed by atoms with Gasteiger partial charge < -0.3 is 4.90 Å². The van der Waals surface area contributed by atoms with Gasteiger partial charge in [-0.2, -0.15) is 0 Å². The molecule has 1 aromatic carbocycles. The Hall–Kier alpha value is -3.02. The zero-order valence-corrected chi connectivity index (χ0v) is 14.0. The highest BCUT2D eigenvalue weighted by molar-refractivity contribution is 6.20. The summed E-state index contributed by atoms with van der Waals surface area (Å²) in [5, 5.41) is 0. The first-order valence-electron chi connectivity index (χ1n) is 8.24. The summed E-state index contributed by atoms with van der Waals surface area (Å²) in [6.45, 7) is 3.06. The fraction of sp³-hybridized carbons (Fsp3) is 0.263. The average Bonchev–Trinajstić information content (AvgIpc) is 2.89. The molecule has 2 heterocycles. The van der Waals surface area contributed by atoms with E-state index in [0.29, 0.717) is 18.7 Å². The van der Waals surface area contributed by atoms with Gasteiger partial charge in [0.25, 0.3) is 11.8 Å². The second kappa shape index (κ2) is 7.25. The van der Waals surface area contributed by atoms with Crippen LogP contribution in [0.15, 0.2) is 48.7 Å². The summed E-state index contributed by atoms with van der Waals surface area (Å²) in [7, 11) is 0. The average molecular weight is 337 g/mol. The van der Waals surface area contributed by atoms with E-state index in [0.717, 1.165) is 10.5 Å². The van der Waals surface area contributed by atoms with Crippen LogP contribution in [0.3, 0.4) is 0 Å². The molecule has 1 aliphatic rings. The molecule has 0 unspecified atom stereocenters. The summed E-state index contributed by atoms with van der Waals surface area (Å²) in [5.74, 6) is -0.901. The van der Waals surface area contributed by atoms with E-state index < -0.39 is 5.91 Å². The Bertz CT molecular complexity index is 770. The maximum Gasteiger partial charge on any atom is 0.280 e. The van der Waals surface area contributed by atoms with Gasteiger partial charge in [-0.3, -0.25) is 24.3 Å². The van der Waals surface area contributed by atoms with Crippen LogP contribution in [0.5, 0.6) is 0 Å². The van der Waals surface area contributed by atoms with E-state index >= 15 is 0 Å². The normalized spacial score (nSPS) is 13.1. The number of benzene rings is 1. The van der Waals surface area contributed by atoms with Gasteiger partial charge in [0.1, 0.15) is 5.69 Å². The predicted octanol–water partition coefficient (Wildman–Crippen LogP) is 2.12. The number of nitrogens with zero attached hydrogens (tertiary/aromatic N) is 3. The first kappa shape index (κ1) is 16.8. The van der Waals surface area contributed by atoms with Gasteiger partial charge in [-0.25, -0.2) is 0 Å². The third-order valence-corrected chi connectivity index (χ3v) is 4.23. The zero-order valence-electron chi connectivity index (χ0n) is 14.0. The van der Waals surface area contributed by atoms with Crippen molar-refractivity contribution < 1.29 is 14.4 Å². The summed E-state index contributed by atoms with van der Waals surface area (Å²) in [6.07, 6.45) is 1.59. The van der Waals surface area contributed by atoms with Crippen molar-refractivity contribution in [2.24, 2.45) is 0 Å². The van der Waals surface area contributed by atoms with Crippen LogP contribution in [0.4, 0.5) is 0 Å². The highest BCUT2D eigenvalue weighted by Crippen LogP contribution is 2.20. The SMILES string of the molecule is CCN(Cc1ccccc1)C(=O)CCN1C(=O)c2cccnc2C1=O. The quantitative estimate of drug-likeness (QED) is 0.757. The van der Waals surface area contributed by atoms with Crippen molar-refractivity contribution in [3.63, 3.8) is 0 Å². The van der Waals surface area contributed by atoms with E-state index in [1.165, 1.54) is 6.20 Å². The molecule has 0 bridgehead atoms. The molecule has 0 spiro atoms. The minimum Gasteiger partial charge on any atom is -0.339 e. The predicted molar refractivity (Wildman–Crippen MR) is 91.8 cm³/mol. The maximum atomic E-state index is 12.5. The largest absolute Gasteiger partial charge is 0.339 e. The van der Waals surface area contributed by atoms with Gasteiger partial charge in [0, 0.05) is 32.3 Å². The molecule has 0 radical (unpaired) electrons. The minimum atomic E-state index is -0.431. The summed E-state index contributed by atoms with van der Waals surface area (Å²) in [5.41, 5.74) is 1.51. The van der Waals surface area contributed by atoms with Crippen LogP contribution in [0.2, 0.25) is 0 Å². The molecule has 3 rings (SSSR count). The first-order chi connectivity index (χ1) is 12.1. The summed E-state index contributed by atoms with van der Waals surface area (Å²) in [4.78, 5) is 43.8. The van der Waals surface area contributed by atoms with Crippen molar-refractivity contribution in [2.45, 2.75) is 19.9 Å². The van der Waals surface area contributed by atoms with E-state index in [1.807, 2.05) is 37.3 Å². The van der Waals surface area contributed by atoms with Gasteiger partial charge in [-0.05, 0) is 24.6 Å². The molecule has 128 valence electrons. The van der Waals surface area contributed by atoms with E-state index in [2.05, 4.69) is 4.98 Å². The van der Waals surface area contributed by atoms with Gasteiger partial charge in [0.05, 0.1) is 5.56 Å². The fourth-order valence-electron chi connectivity index (χ4n) is 2.86. The second-order valence-corrected chi connectivity index (χ2v) is 5.81. The van der Waals surface area contributed by atoms with Crippen LogP contribution in [0, 0.1) is 0 Å². The Morgan fingerprint density at radius 2 is 1.84 bits per heavy atom. The Morgan fingerprint density at radius 1 is 1.08 bits per heavy atom. The number of amides is 3. The lowest BCUT2D eigenvalue weighted by molar-refractivity contribution is -0.131. The summed E-state index contributed by atoms with van der Waals surface area (Å²) in [6, 6.07) is 12.9. The maximum absolute atomic E-state index is 12.5. The lowest BCUT2D eigenvalue weighted by Gasteiger charge is -2.22. The molecule has 25 heavy (non-hydrogen) atoms. The third-order valence-electron chi connectivity index (χ3n) is 4.23. The zero-order chi connectivity index (χ0) is 17.8. The Balaban J connectivity index is 1.62. The number of hydrogen-bond acceptors (Lipinski definition) is 4. The molecule has 1 aliphatic heterocycles. The van der Waals surface area contributed by atoms with Crippen molar-refractivity contribution in [2.75, 3.05) is 13.1 Å². The molecule has 0 N–H and O–H groups in total. The van der Waals surface area contributed by atoms with E-state index in [4.69, 9.17) is 0 Å². The van der Waals surface area contributed by atoms with E-state index in [9.17, 15) is 14.4 Å². The van der Waals surface area contributed by atoms with Crippen molar-refractivity contribution >= 4 is 17.7 Å². The van der Waals surface area contributed by atoms with Crippen LogP contribution in [0.25, 0.3) is 0 Å². The Morgan fingerprint density at radius 3 is 2.52 bits per heavy atom. The van der Waals surface area contributed by atoms with Crippen molar-refractivity contribution in [1.82, 2.24) is 14.8 Å². The van der Waals surface area contributed by atoms with Crippen molar-refractivity contribution in [3.05, 3.63) is 65.5 Å². The van der Waals surface area contributed by atoms with Crippen LogP contribution in [0.1, 0.15) is 39.8 Å². The molecule has 2 aromatic rings. The molecule has 0 atom stereocenters. The topological polar surface area (TPSA) is 70.6 Å². The van der Waals surface area contributed by atoms with Crippen LogP contribution >= 0.6 is 0 Å². The van der Waals surface area contributed by atoms with Gasteiger partial charge in [0.15, 0.2) is 0 Å². The molecule has 0 saturated heterocycles. The molecule has 1 aromatic heterocycles. The number of imide groups is 1. The molecule has 0 aliphatic carbocycles. The molecular weight excluding hydrogens is 318 g/mol. The van der Waals surface area contributed by atoms with Crippen LogP contribution < -0.4 is 0 Å². The number of aromatic nitrogens is 1. The van der Waals surface area contributed by atoms with Crippen molar-refractivity contribution in [1.29, 1.82) is 0 Å². The molecular formula is C19H19N3O3. The smallest absolute Gasteiger partial charge is 0.280 e. The van der Waals surface area contributed by atoms with Gasteiger partial charge in [-0.15, -0.1) is 0 Å². The number of carbonyl (C=O) groups excluding carboxylic acids is 3. The highest BCUT2D eigenvalue weighted by atomic mass is 16.2. The Labute approximate surface area is 146 Å². The van der Waals surface area contributed by atoms with Crippen LogP contribution in [-0.4, -0.2) is 45.6 Å². The molecule has 0 fully saturated rings. The van der Waals surface area contributed by atoms with Gasteiger partial charge >= 0.3 is 0 Å². The van der Waals surface area contributed by atoms with Gasteiger partial charge in [0.2, 0.25) is 5.91 Å². The van der Waals surface area contributed by atoms with Gasteiger partial charge in [-0.1, -0.05) is 30.3 Å². The monoisotopic (exact) mass is 337 g/mol. The third kappa shape index (κ3) is 3.42. The second-order valence-electron chi connectivity index (χ2n) is 5.81. The van der Waals surface area contributed by atoms with Crippen molar-refractivity contribution in [3.8, 4) is 0 Å². The lowest BCUT2D eigenvalue weighted by atomic mass is 10.2. The minimum absolute atomic E-state index is 0.0676. The van der Waals surface area contributed by atoms with Crippen LogP contribution in [-0.2, 0) is 11.3 Å². The standard InChI is InChI=1S/C19H19N3O3/c1-2-21(13-14-7-4-3-5-8-14)16(23)10-12-22-18(24)15-9-6-11-20-17(15)19(22)25/h3-9,11H,2,10,12-13H2,1H3. The summed E-state index contributed by atoms with van der Waals surface area (Å²) < 4.78 is 0. The molecule has 3 amide bonds. The first-order valence-corrected chi connectivity index (χ1v) is 8.24. The number of hydrogen-bond donors (Lipinski definition) is 0. The van der Waals surface area contributed by atoms with E-state index in [-0.39, 0.29) is 30.5 Å². The number of rotatable bonds is 6. The number of fused-ring (bicyclic) bond motifs is 1. The summed E-state index contributed by atoms with van der Waals surface area (Å²) >= 11 is 0. The molecule has 6 nitrogen and oxygen atoms in total. The fourth-order valence-corrected chi connectivity index (χ4v) is 2.86. The molecule has 6 heteroatoms. The van der Waals surface area contributed by atoms with E-state index in [1.54, 1.807) is 17.0 Å². The number of carbonyl (C=O) groups is 3. The lowest BCUT2D eigenvalue weighted by Crippen LogP contribution is -2.36. The highest BCUT2D eigenvalue weighted by Gasteiger charge is 2.36. The number of pyridine rings is 1.